The van der Waals surface area contributed by atoms with E-state index in [1.54, 1.807) is 0 Å². The summed E-state index contributed by atoms with van der Waals surface area (Å²) in [6.45, 7) is 0. The molecule has 4 aromatic rings. The minimum absolute atomic E-state index is 0.734. The Kier molecular flexibility index (Phi) is 2.56. The SMILES string of the molecule is c1ccc2c3c(ccc2c1)O[PH]1(OO1)Oc1ccc2ccccc2c1-3. The summed E-state index contributed by atoms with van der Waals surface area (Å²) in [5, 5.41) is 4.54. The van der Waals surface area contributed by atoms with E-state index in [2.05, 4.69) is 36.4 Å². The second kappa shape index (κ2) is 4.70. The molecule has 1 fully saturated rings. The number of hydrogen-bond acceptors (Lipinski definition) is 4. The van der Waals surface area contributed by atoms with Gasteiger partial charge in [0.05, 0.1) is 0 Å². The van der Waals surface area contributed by atoms with E-state index in [1.165, 1.54) is 0 Å². The number of fused-ring (bicyclic) bond motifs is 7. The summed E-state index contributed by atoms with van der Waals surface area (Å²) in [5.74, 6) is 1.47. The van der Waals surface area contributed by atoms with Crippen LogP contribution in [0.15, 0.2) is 72.8 Å². The zero-order chi connectivity index (χ0) is 16.4. The Hall–Kier alpha value is -2.65. The summed E-state index contributed by atoms with van der Waals surface area (Å²) in [4.78, 5) is 0. The molecule has 2 aliphatic heterocycles. The van der Waals surface area contributed by atoms with Crippen LogP contribution in [0, 0.1) is 0 Å². The van der Waals surface area contributed by atoms with Crippen LogP contribution < -0.4 is 9.05 Å². The molecule has 122 valence electrons. The average Bonchev–Trinajstić information content (AvgIpc) is 3.43. The third-order valence-corrected chi connectivity index (χ3v) is 6.10. The van der Waals surface area contributed by atoms with Crippen molar-refractivity contribution < 1.29 is 18.4 Å². The molecule has 0 radical (unpaired) electrons. The van der Waals surface area contributed by atoms with Crippen LogP contribution in [0.25, 0.3) is 32.7 Å². The maximum atomic E-state index is 6.07. The van der Waals surface area contributed by atoms with Crippen molar-refractivity contribution in [3.05, 3.63) is 72.8 Å². The van der Waals surface area contributed by atoms with Crippen LogP contribution in [0.2, 0.25) is 0 Å². The molecular weight excluding hydrogens is 335 g/mol. The fourth-order valence-electron chi connectivity index (χ4n) is 3.58. The molecule has 0 amide bonds. The van der Waals surface area contributed by atoms with Crippen molar-refractivity contribution in [1.82, 2.24) is 0 Å². The van der Waals surface area contributed by atoms with Crippen LogP contribution in [-0.4, -0.2) is 0 Å². The van der Waals surface area contributed by atoms with Crippen LogP contribution in [0.4, 0.5) is 0 Å². The van der Waals surface area contributed by atoms with Gasteiger partial charge in [0.25, 0.3) is 0 Å². The van der Waals surface area contributed by atoms with Gasteiger partial charge in [-0.1, -0.05) is 0 Å². The minimum atomic E-state index is -3.07. The van der Waals surface area contributed by atoms with Gasteiger partial charge in [-0.05, 0) is 0 Å². The van der Waals surface area contributed by atoms with E-state index >= 15 is 0 Å². The van der Waals surface area contributed by atoms with Gasteiger partial charge in [0, 0.05) is 0 Å². The average molecular weight is 348 g/mol. The molecular formula is C20H13O4P. The predicted molar refractivity (Wildman–Crippen MR) is 98.6 cm³/mol. The van der Waals surface area contributed by atoms with Crippen molar-refractivity contribution in [2.24, 2.45) is 0 Å². The summed E-state index contributed by atoms with van der Waals surface area (Å²) in [6.07, 6.45) is 0. The van der Waals surface area contributed by atoms with Crippen LogP contribution in [0.1, 0.15) is 0 Å². The second-order valence-electron chi connectivity index (χ2n) is 6.19. The molecule has 25 heavy (non-hydrogen) atoms. The molecule has 6 rings (SSSR count). The van der Waals surface area contributed by atoms with Gasteiger partial charge in [0.2, 0.25) is 0 Å². The van der Waals surface area contributed by atoms with Gasteiger partial charge < -0.3 is 0 Å². The Bertz CT molecular complexity index is 1080. The Morgan fingerprint density at radius 1 is 0.520 bits per heavy atom. The Morgan fingerprint density at radius 2 is 1.00 bits per heavy atom. The van der Waals surface area contributed by atoms with Crippen LogP contribution in [0.5, 0.6) is 11.5 Å². The zero-order valence-corrected chi connectivity index (χ0v) is 14.1. The molecule has 5 heteroatoms. The number of hydrogen-bond donors (Lipinski definition) is 0. The first-order chi connectivity index (χ1) is 12.3. The molecule has 0 aromatic heterocycles. The third kappa shape index (κ3) is 1.93. The quantitative estimate of drug-likeness (QED) is 0.229. The van der Waals surface area contributed by atoms with Crippen molar-refractivity contribution in [2.75, 3.05) is 0 Å². The molecule has 1 spiro atoms. The molecule has 0 aliphatic carbocycles. The van der Waals surface area contributed by atoms with Gasteiger partial charge >= 0.3 is 144 Å². The van der Waals surface area contributed by atoms with Crippen molar-refractivity contribution >= 4 is 29.7 Å². The van der Waals surface area contributed by atoms with Crippen molar-refractivity contribution in [1.29, 1.82) is 0 Å². The van der Waals surface area contributed by atoms with E-state index in [-0.39, 0.29) is 0 Å². The van der Waals surface area contributed by atoms with Gasteiger partial charge in [-0.15, -0.1) is 0 Å². The molecule has 2 heterocycles. The summed E-state index contributed by atoms with van der Waals surface area (Å²) in [7, 11) is -3.07. The molecule has 0 N–H and O–H groups in total. The molecule has 1 saturated heterocycles. The fourth-order valence-corrected chi connectivity index (χ4v) is 4.91. The Morgan fingerprint density at radius 3 is 1.48 bits per heavy atom. The van der Waals surface area contributed by atoms with E-state index in [1.807, 2.05) is 36.4 Å². The first kappa shape index (κ1) is 13.6. The molecule has 0 atom stereocenters. The topological polar surface area (TPSA) is 43.5 Å². The monoisotopic (exact) mass is 348 g/mol. The van der Waals surface area contributed by atoms with E-state index < -0.39 is 8.17 Å². The van der Waals surface area contributed by atoms with E-state index in [0.29, 0.717) is 0 Å². The zero-order valence-electron chi connectivity index (χ0n) is 13.1. The van der Waals surface area contributed by atoms with Crippen molar-refractivity contribution in [3.63, 3.8) is 0 Å². The Labute approximate surface area is 144 Å². The molecule has 0 unspecified atom stereocenters. The van der Waals surface area contributed by atoms with Gasteiger partial charge in [0.1, 0.15) is 0 Å². The summed E-state index contributed by atoms with van der Waals surface area (Å²) >= 11 is 0. The summed E-state index contributed by atoms with van der Waals surface area (Å²) in [6, 6.07) is 24.6. The predicted octanol–water partition coefficient (Wildman–Crippen LogP) is 5.80. The van der Waals surface area contributed by atoms with Crippen LogP contribution in [-0.2, 0) is 9.35 Å². The molecule has 0 bridgehead atoms. The first-order valence-electron chi connectivity index (χ1n) is 8.12. The molecule has 4 nitrogen and oxygen atoms in total. The van der Waals surface area contributed by atoms with Gasteiger partial charge in [-0.2, -0.15) is 0 Å². The first-order valence-corrected chi connectivity index (χ1v) is 9.75. The summed E-state index contributed by atoms with van der Waals surface area (Å²) < 4.78 is 22.4. The van der Waals surface area contributed by atoms with Crippen LogP contribution in [0.3, 0.4) is 0 Å². The molecule has 4 aromatic carbocycles. The van der Waals surface area contributed by atoms with Crippen molar-refractivity contribution in [3.8, 4) is 22.6 Å². The van der Waals surface area contributed by atoms with Gasteiger partial charge in [-0.25, -0.2) is 0 Å². The van der Waals surface area contributed by atoms with E-state index in [9.17, 15) is 0 Å². The number of benzene rings is 4. The summed E-state index contributed by atoms with van der Waals surface area (Å²) in [5.41, 5.74) is 2.04. The number of rotatable bonds is 0. The van der Waals surface area contributed by atoms with Gasteiger partial charge in [-0.3, -0.25) is 0 Å². The normalized spacial score (nSPS) is 17.9. The van der Waals surface area contributed by atoms with E-state index in [4.69, 9.17) is 18.4 Å². The van der Waals surface area contributed by atoms with Crippen LogP contribution >= 0.6 is 8.17 Å². The van der Waals surface area contributed by atoms with Gasteiger partial charge in [0.15, 0.2) is 0 Å². The third-order valence-electron chi connectivity index (χ3n) is 4.72. The second-order valence-corrected chi connectivity index (χ2v) is 7.93. The maximum absolute atomic E-state index is 6.07. The molecule has 2 aliphatic rings. The standard InChI is InChI=1S/C20H13O4P/c1-3-7-15-13(5-1)9-11-17-19(15)20-16-8-4-2-6-14(16)10-12-18(20)22-25(21-17)23-24-25/h1-12,25H. The van der Waals surface area contributed by atoms with E-state index in [0.717, 1.165) is 44.2 Å². The Balaban J connectivity index is 1.82. The van der Waals surface area contributed by atoms with Crippen molar-refractivity contribution in [2.45, 2.75) is 0 Å². The fraction of sp³-hybridized carbons (Fsp3) is 0. The molecule has 0 saturated carbocycles.